The summed E-state index contributed by atoms with van der Waals surface area (Å²) in [7, 11) is 1.56. The molecule has 26 heavy (non-hydrogen) atoms. The molecule has 0 saturated heterocycles. The lowest BCUT2D eigenvalue weighted by atomic mass is 10.0. The third-order valence-electron chi connectivity index (χ3n) is 3.98. The summed E-state index contributed by atoms with van der Waals surface area (Å²) in [5.74, 6) is -0.659. The first-order chi connectivity index (χ1) is 12.4. The van der Waals surface area contributed by atoms with Gasteiger partial charge in [0.05, 0.1) is 12.7 Å². The van der Waals surface area contributed by atoms with E-state index in [0.29, 0.717) is 23.4 Å². The second-order valence-corrected chi connectivity index (χ2v) is 5.89. The van der Waals surface area contributed by atoms with Gasteiger partial charge in [-0.3, -0.25) is 9.59 Å². The molecular formula is C20H21NO5. The molecule has 1 amide bonds. The maximum Gasteiger partial charge on any atom is 0.335 e. The molecule has 0 aliphatic heterocycles. The smallest absolute Gasteiger partial charge is 0.335 e. The lowest BCUT2D eigenvalue weighted by molar-refractivity contribution is -0.116. The molecule has 0 atom stereocenters. The topological polar surface area (TPSA) is 92.7 Å². The number of aryl methyl sites for hydroxylation is 1. The zero-order chi connectivity index (χ0) is 19.1. The van der Waals surface area contributed by atoms with Crippen LogP contribution in [0.5, 0.6) is 5.75 Å². The van der Waals surface area contributed by atoms with Gasteiger partial charge in [0.2, 0.25) is 5.91 Å². The molecule has 0 radical (unpaired) electrons. The molecule has 0 heterocycles. The number of amides is 1. The summed E-state index contributed by atoms with van der Waals surface area (Å²) >= 11 is 0. The molecule has 0 unspecified atom stereocenters. The van der Waals surface area contributed by atoms with Gasteiger partial charge >= 0.3 is 5.97 Å². The number of methoxy groups -OCH3 is 1. The molecule has 0 saturated carbocycles. The largest absolute Gasteiger partial charge is 0.497 e. The number of aromatic carboxylic acids is 1. The fourth-order valence-corrected chi connectivity index (χ4v) is 2.43. The molecule has 0 fully saturated rings. The van der Waals surface area contributed by atoms with Crippen molar-refractivity contribution < 1.29 is 24.2 Å². The first-order valence-electron chi connectivity index (χ1n) is 8.21. The highest BCUT2D eigenvalue weighted by Crippen LogP contribution is 2.18. The van der Waals surface area contributed by atoms with Gasteiger partial charge in [0, 0.05) is 24.1 Å². The quantitative estimate of drug-likeness (QED) is 0.705. The van der Waals surface area contributed by atoms with Crippen molar-refractivity contribution in [2.24, 2.45) is 0 Å². The van der Waals surface area contributed by atoms with Crippen LogP contribution in [0, 0.1) is 6.92 Å². The second kappa shape index (κ2) is 8.80. The summed E-state index contributed by atoms with van der Waals surface area (Å²) in [5.41, 5.74) is 1.94. The Labute approximate surface area is 151 Å². The highest BCUT2D eigenvalue weighted by molar-refractivity contribution is 5.97. The van der Waals surface area contributed by atoms with Crippen LogP contribution >= 0.6 is 0 Å². The van der Waals surface area contributed by atoms with Crippen LogP contribution in [0.1, 0.15) is 45.5 Å². The maximum atomic E-state index is 12.1. The van der Waals surface area contributed by atoms with Gasteiger partial charge in [0.1, 0.15) is 5.75 Å². The summed E-state index contributed by atoms with van der Waals surface area (Å²) in [5, 5.41) is 11.7. The Morgan fingerprint density at radius 3 is 2.27 bits per heavy atom. The molecule has 2 N–H and O–H groups in total. The van der Waals surface area contributed by atoms with Crippen LogP contribution in [-0.2, 0) is 4.79 Å². The minimum absolute atomic E-state index is 0.0375. The predicted molar refractivity (Wildman–Crippen MR) is 97.9 cm³/mol. The van der Waals surface area contributed by atoms with Gasteiger partial charge < -0.3 is 15.2 Å². The van der Waals surface area contributed by atoms with Crippen molar-refractivity contribution >= 4 is 23.3 Å². The summed E-state index contributed by atoms with van der Waals surface area (Å²) in [4.78, 5) is 35.2. The minimum Gasteiger partial charge on any atom is -0.497 e. The van der Waals surface area contributed by atoms with E-state index >= 15 is 0 Å². The molecule has 2 aromatic rings. The van der Waals surface area contributed by atoms with E-state index in [1.165, 1.54) is 12.1 Å². The van der Waals surface area contributed by atoms with Crippen molar-refractivity contribution in [3.8, 4) is 5.75 Å². The van der Waals surface area contributed by atoms with Crippen molar-refractivity contribution in [2.75, 3.05) is 12.4 Å². The molecule has 0 aliphatic carbocycles. The molecular weight excluding hydrogens is 334 g/mol. The van der Waals surface area contributed by atoms with Crippen LogP contribution in [0.25, 0.3) is 0 Å². The number of ketones is 1. The Kier molecular flexibility index (Phi) is 6.49. The number of carbonyl (C=O) groups is 3. The van der Waals surface area contributed by atoms with E-state index in [1.807, 2.05) is 0 Å². The summed E-state index contributed by atoms with van der Waals surface area (Å²) < 4.78 is 5.05. The van der Waals surface area contributed by atoms with Crippen LogP contribution in [-0.4, -0.2) is 29.9 Å². The highest BCUT2D eigenvalue weighted by Gasteiger charge is 2.11. The van der Waals surface area contributed by atoms with E-state index in [9.17, 15) is 14.4 Å². The molecule has 0 aromatic heterocycles. The van der Waals surface area contributed by atoms with E-state index in [0.717, 1.165) is 5.56 Å². The number of hydrogen-bond acceptors (Lipinski definition) is 4. The molecule has 0 bridgehead atoms. The van der Waals surface area contributed by atoms with Crippen LogP contribution in [0.4, 0.5) is 5.69 Å². The van der Waals surface area contributed by atoms with Gasteiger partial charge in [0.25, 0.3) is 0 Å². The van der Waals surface area contributed by atoms with Crippen LogP contribution in [0.3, 0.4) is 0 Å². The molecule has 0 spiro atoms. The van der Waals surface area contributed by atoms with Gasteiger partial charge in [-0.2, -0.15) is 0 Å². The maximum absolute atomic E-state index is 12.1. The zero-order valence-corrected chi connectivity index (χ0v) is 14.7. The number of Topliss-reactive ketones (excluding diaryl/α,β-unsaturated/α-hetero) is 1. The number of carboxylic acids is 1. The Hall–Kier alpha value is -3.15. The summed E-state index contributed by atoms with van der Waals surface area (Å²) in [6.07, 6.45) is 0.848. The Morgan fingerprint density at radius 1 is 1.00 bits per heavy atom. The lowest BCUT2D eigenvalue weighted by Gasteiger charge is -2.09. The monoisotopic (exact) mass is 355 g/mol. The molecule has 6 heteroatoms. The van der Waals surface area contributed by atoms with E-state index in [4.69, 9.17) is 9.84 Å². The normalized spacial score (nSPS) is 10.2. The standard InChI is InChI=1S/C20H21NO5/c1-13-6-7-15(20(24)25)12-17(13)21-19(23)5-3-4-18(22)14-8-10-16(26-2)11-9-14/h6-12H,3-5H2,1-2H3,(H,21,23)(H,24,25). The third-order valence-corrected chi connectivity index (χ3v) is 3.98. The van der Waals surface area contributed by atoms with E-state index in [2.05, 4.69) is 5.32 Å². The molecule has 6 nitrogen and oxygen atoms in total. The summed E-state index contributed by atoms with van der Waals surface area (Å²) in [6.45, 7) is 1.79. The van der Waals surface area contributed by atoms with Gasteiger partial charge in [-0.15, -0.1) is 0 Å². The fraction of sp³-hybridized carbons (Fsp3) is 0.250. The van der Waals surface area contributed by atoms with Crippen LogP contribution in [0.15, 0.2) is 42.5 Å². The molecule has 0 aliphatic rings. The number of anilines is 1. The van der Waals surface area contributed by atoms with Crippen molar-refractivity contribution in [3.63, 3.8) is 0 Å². The number of ether oxygens (including phenoxy) is 1. The van der Waals surface area contributed by atoms with Crippen molar-refractivity contribution in [2.45, 2.75) is 26.2 Å². The summed E-state index contributed by atoms with van der Waals surface area (Å²) in [6, 6.07) is 11.4. The molecule has 136 valence electrons. The minimum atomic E-state index is -1.05. The highest BCUT2D eigenvalue weighted by atomic mass is 16.5. The average molecular weight is 355 g/mol. The number of carbonyl (C=O) groups excluding carboxylic acids is 2. The molecule has 2 aromatic carbocycles. The average Bonchev–Trinajstić information content (AvgIpc) is 2.63. The van der Waals surface area contributed by atoms with E-state index in [-0.39, 0.29) is 30.1 Å². The number of benzene rings is 2. The van der Waals surface area contributed by atoms with Gasteiger partial charge in [-0.25, -0.2) is 4.79 Å². The van der Waals surface area contributed by atoms with Crippen LogP contribution in [0.2, 0.25) is 0 Å². The van der Waals surface area contributed by atoms with Gasteiger partial charge in [0.15, 0.2) is 5.78 Å². The Bertz CT molecular complexity index is 811. The first-order valence-corrected chi connectivity index (χ1v) is 8.21. The van der Waals surface area contributed by atoms with Crippen molar-refractivity contribution in [3.05, 3.63) is 59.2 Å². The third kappa shape index (κ3) is 5.17. The van der Waals surface area contributed by atoms with Crippen LogP contribution < -0.4 is 10.1 Å². The number of nitrogens with one attached hydrogen (secondary N) is 1. The Morgan fingerprint density at radius 2 is 1.65 bits per heavy atom. The van der Waals surface area contributed by atoms with Gasteiger partial charge in [-0.05, 0) is 55.3 Å². The van der Waals surface area contributed by atoms with Crippen molar-refractivity contribution in [1.29, 1.82) is 0 Å². The van der Waals surface area contributed by atoms with E-state index in [1.54, 1.807) is 44.4 Å². The second-order valence-electron chi connectivity index (χ2n) is 5.89. The van der Waals surface area contributed by atoms with Gasteiger partial charge in [-0.1, -0.05) is 6.07 Å². The predicted octanol–water partition coefficient (Wildman–Crippen LogP) is 3.69. The Balaban J connectivity index is 1.86. The SMILES string of the molecule is COc1ccc(C(=O)CCCC(=O)Nc2cc(C(=O)O)ccc2C)cc1. The number of carboxylic acid groups (broad SMARTS) is 1. The first kappa shape index (κ1) is 19.2. The molecule has 2 rings (SSSR count). The van der Waals surface area contributed by atoms with E-state index < -0.39 is 5.97 Å². The lowest BCUT2D eigenvalue weighted by Crippen LogP contribution is -2.13. The zero-order valence-electron chi connectivity index (χ0n) is 14.7. The van der Waals surface area contributed by atoms with Crippen molar-refractivity contribution in [1.82, 2.24) is 0 Å². The number of hydrogen-bond donors (Lipinski definition) is 2. The fourth-order valence-electron chi connectivity index (χ4n) is 2.43. The number of rotatable bonds is 8.